The van der Waals surface area contributed by atoms with Gasteiger partial charge in [0.15, 0.2) is 0 Å². The second kappa shape index (κ2) is 11.3. The number of carbonyl (C=O) groups excluding carboxylic acids is 1. The number of hydrogen-bond donors (Lipinski definition) is 2. The zero-order valence-corrected chi connectivity index (χ0v) is 19.3. The molecule has 170 valence electrons. The van der Waals surface area contributed by atoms with Gasteiger partial charge in [-0.2, -0.15) is 4.31 Å². The Hall–Kier alpha value is -2.42. The van der Waals surface area contributed by atoms with Crippen LogP contribution in [-0.2, 0) is 21.2 Å². The number of sulfonamides is 1. The van der Waals surface area contributed by atoms with E-state index in [1.54, 1.807) is 12.1 Å². The number of methoxy groups -OCH3 is 1. The lowest BCUT2D eigenvalue weighted by molar-refractivity contribution is -0.120. The van der Waals surface area contributed by atoms with E-state index in [9.17, 15) is 18.3 Å². The molecular formula is C23H32N2O5S. The summed E-state index contributed by atoms with van der Waals surface area (Å²) in [6, 6.07) is 15.0. The predicted molar refractivity (Wildman–Crippen MR) is 120 cm³/mol. The van der Waals surface area contributed by atoms with Crippen molar-refractivity contribution in [1.82, 2.24) is 9.62 Å². The van der Waals surface area contributed by atoms with Crippen molar-refractivity contribution in [2.45, 2.75) is 44.2 Å². The van der Waals surface area contributed by atoms with Gasteiger partial charge in [0.1, 0.15) is 5.75 Å². The first-order valence-corrected chi connectivity index (χ1v) is 11.7. The second-order valence-corrected chi connectivity index (χ2v) is 9.89. The molecule has 2 atom stereocenters. The number of carbonyl (C=O) groups is 1. The Morgan fingerprint density at radius 1 is 1.06 bits per heavy atom. The maximum Gasteiger partial charge on any atom is 0.243 e. The van der Waals surface area contributed by atoms with E-state index in [2.05, 4.69) is 5.32 Å². The minimum atomic E-state index is -3.85. The van der Waals surface area contributed by atoms with Crippen molar-refractivity contribution < 1.29 is 23.1 Å². The van der Waals surface area contributed by atoms with E-state index in [0.717, 1.165) is 5.56 Å². The van der Waals surface area contributed by atoms with E-state index in [0.29, 0.717) is 12.2 Å². The van der Waals surface area contributed by atoms with Crippen molar-refractivity contribution in [1.29, 1.82) is 0 Å². The molecule has 7 nitrogen and oxygen atoms in total. The first-order valence-electron chi connectivity index (χ1n) is 10.3. The molecule has 31 heavy (non-hydrogen) atoms. The fourth-order valence-corrected chi connectivity index (χ4v) is 4.94. The van der Waals surface area contributed by atoms with Crippen LogP contribution in [0.4, 0.5) is 0 Å². The number of aliphatic hydroxyl groups excluding tert-OH is 1. The van der Waals surface area contributed by atoms with Gasteiger partial charge in [0.05, 0.1) is 24.2 Å². The minimum Gasteiger partial charge on any atom is -0.497 e. The molecule has 0 unspecified atom stereocenters. The lowest BCUT2D eigenvalue weighted by atomic mass is 10.0. The molecule has 0 saturated carbocycles. The Bertz CT molecular complexity index is 930. The van der Waals surface area contributed by atoms with Gasteiger partial charge in [0.25, 0.3) is 0 Å². The average molecular weight is 449 g/mol. The molecule has 0 aromatic heterocycles. The predicted octanol–water partition coefficient (Wildman–Crippen LogP) is 2.45. The molecule has 0 saturated heterocycles. The highest BCUT2D eigenvalue weighted by atomic mass is 32.2. The van der Waals surface area contributed by atoms with Crippen LogP contribution in [0.1, 0.15) is 26.3 Å². The van der Waals surface area contributed by atoms with Gasteiger partial charge in [0.2, 0.25) is 15.9 Å². The van der Waals surface area contributed by atoms with Crippen LogP contribution in [0, 0.1) is 5.92 Å². The van der Waals surface area contributed by atoms with Crippen LogP contribution in [0.2, 0.25) is 0 Å². The molecule has 2 aromatic carbocycles. The number of ether oxygens (including phenoxy) is 1. The van der Waals surface area contributed by atoms with Crippen LogP contribution in [0.3, 0.4) is 0 Å². The Kier molecular flexibility index (Phi) is 9.03. The Balaban J connectivity index is 2.27. The van der Waals surface area contributed by atoms with Crippen molar-refractivity contribution in [3.05, 3.63) is 60.2 Å². The molecule has 0 spiro atoms. The molecule has 0 fully saturated rings. The maximum absolute atomic E-state index is 13.3. The van der Waals surface area contributed by atoms with E-state index >= 15 is 0 Å². The summed E-state index contributed by atoms with van der Waals surface area (Å²) in [6.45, 7) is 5.31. The molecule has 0 radical (unpaired) electrons. The third-order valence-electron chi connectivity index (χ3n) is 4.81. The van der Waals surface area contributed by atoms with Gasteiger partial charge in [-0.3, -0.25) is 4.79 Å². The summed E-state index contributed by atoms with van der Waals surface area (Å²) in [5, 5.41) is 13.7. The summed E-state index contributed by atoms with van der Waals surface area (Å²) in [7, 11) is -2.33. The van der Waals surface area contributed by atoms with Crippen molar-refractivity contribution in [3.8, 4) is 5.75 Å². The topological polar surface area (TPSA) is 95.9 Å². The largest absolute Gasteiger partial charge is 0.497 e. The molecule has 8 heteroatoms. The normalized spacial score (nSPS) is 13.8. The van der Waals surface area contributed by atoms with Gasteiger partial charge in [-0.25, -0.2) is 8.42 Å². The second-order valence-electron chi connectivity index (χ2n) is 7.96. The first kappa shape index (κ1) is 24.8. The lowest BCUT2D eigenvalue weighted by Gasteiger charge is -2.30. The van der Waals surface area contributed by atoms with Crippen LogP contribution in [-0.4, -0.2) is 56.1 Å². The van der Waals surface area contributed by atoms with Crippen molar-refractivity contribution in [2.75, 3.05) is 20.2 Å². The standard InChI is InChI=1S/C23H32N2O5S/c1-17(2)15-25(31(28,29)21-12-10-20(30-4)11-13-21)16-23(27)22(24-18(3)26)14-19-8-6-5-7-9-19/h5-13,17,22-23,27H,14-16H2,1-4H3,(H,24,26)/t22-,23+/m0/s1. The van der Waals surface area contributed by atoms with E-state index in [1.165, 1.54) is 30.5 Å². The lowest BCUT2D eigenvalue weighted by Crippen LogP contribution is -2.50. The van der Waals surface area contributed by atoms with Crippen LogP contribution in [0.5, 0.6) is 5.75 Å². The zero-order chi connectivity index (χ0) is 23.0. The highest BCUT2D eigenvalue weighted by Gasteiger charge is 2.31. The summed E-state index contributed by atoms with van der Waals surface area (Å²) < 4.78 is 33.0. The number of nitrogens with one attached hydrogen (secondary N) is 1. The smallest absolute Gasteiger partial charge is 0.243 e. The van der Waals surface area contributed by atoms with Gasteiger partial charge in [-0.15, -0.1) is 0 Å². The Labute approximate surface area is 185 Å². The first-order chi connectivity index (χ1) is 14.6. The number of amides is 1. The molecule has 2 aromatic rings. The number of benzene rings is 2. The fourth-order valence-electron chi connectivity index (χ4n) is 3.32. The molecule has 0 bridgehead atoms. The molecule has 0 aliphatic rings. The van der Waals surface area contributed by atoms with Gasteiger partial charge >= 0.3 is 0 Å². The van der Waals surface area contributed by atoms with Crippen LogP contribution in [0.25, 0.3) is 0 Å². The molecule has 1 amide bonds. The maximum atomic E-state index is 13.3. The molecule has 2 N–H and O–H groups in total. The molecule has 2 rings (SSSR count). The minimum absolute atomic E-state index is 0.0496. The quantitative estimate of drug-likeness (QED) is 0.551. The molecule has 0 aliphatic heterocycles. The van der Waals surface area contributed by atoms with Crippen molar-refractivity contribution in [3.63, 3.8) is 0 Å². The van der Waals surface area contributed by atoms with E-state index in [4.69, 9.17) is 4.74 Å². The number of rotatable bonds is 11. The summed E-state index contributed by atoms with van der Waals surface area (Å²) in [4.78, 5) is 11.9. The van der Waals surface area contributed by atoms with Gasteiger partial charge in [-0.05, 0) is 42.2 Å². The molecule has 0 aliphatic carbocycles. The van der Waals surface area contributed by atoms with Crippen LogP contribution >= 0.6 is 0 Å². The highest BCUT2D eigenvalue weighted by molar-refractivity contribution is 7.89. The molecular weight excluding hydrogens is 416 g/mol. The summed E-state index contributed by atoms with van der Waals surface area (Å²) in [6.07, 6.45) is -0.699. The van der Waals surface area contributed by atoms with E-state index < -0.39 is 22.2 Å². The highest BCUT2D eigenvalue weighted by Crippen LogP contribution is 2.21. The summed E-state index contributed by atoms with van der Waals surface area (Å²) >= 11 is 0. The number of hydrogen-bond acceptors (Lipinski definition) is 5. The number of nitrogens with zero attached hydrogens (tertiary/aromatic N) is 1. The van der Waals surface area contributed by atoms with Crippen molar-refractivity contribution in [2.24, 2.45) is 5.92 Å². The average Bonchev–Trinajstić information content (AvgIpc) is 2.73. The van der Waals surface area contributed by atoms with Gasteiger partial charge in [0, 0.05) is 20.0 Å². The zero-order valence-electron chi connectivity index (χ0n) is 18.5. The Morgan fingerprint density at radius 2 is 1.68 bits per heavy atom. The van der Waals surface area contributed by atoms with E-state index in [-0.39, 0.29) is 29.8 Å². The summed E-state index contributed by atoms with van der Waals surface area (Å²) in [5.74, 6) is 0.324. The fraction of sp³-hybridized carbons (Fsp3) is 0.435. The number of aliphatic hydroxyl groups is 1. The Morgan fingerprint density at radius 3 is 2.19 bits per heavy atom. The van der Waals surface area contributed by atoms with Crippen LogP contribution in [0.15, 0.2) is 59.5 Å². The van der Waals surface area contributed by atoms with Crippen molar-refractivity contribution >= 4 is 15.9 Å². The van der Waals surface area contributed by atoms with Gasteiger partial charge < -0.3 is 15.2 Å². The monoisotopic (exact) mass is 448 g/mol. The third kappa shape index (κ3) is 7.34. The van der Waals surface area contributed by atoms with Gasteiger partial charge in [-0.1, -0.05) is 44.2 Å². The third-order valence-corrected chi connectivity index (χ3v) is 6.65. The van der Waals surface area contributed by atoms with Crippen LogP contribution < -0.4 is 10.1 Å². The SMILES string of the molecule is COc1ccc(S(=O)(=O)N(CC(C)C)C[C@@H](O)[C@H](Cc2ccccc2)NC(C)=O)cc1. The summed E-state index contributed by atoms with van der Waals surface area (Å²) in [5.41, 5.74) is 0.939. The molecule has 0 heterocycles. The van der Waals surface area contributed by atoms with E-state index in [1.807, 2.05) is 44.2 Å².